The molecule has 2 heterocycles. The molecule has 84 valence electrons. The van der Waals surface area contributed by atoms with E-state index in [4.69, 9.17) is 17.3 Å². The van der Waals surface area contributed by atoms with Crippen molar-refractivity contribution in [2.24, 2.45) is 0 Å². The van der Waals surface area contributed by atoms with Gasteiger partial charge < -0.3 is 5.73 Å². The quantitative estimate of drug-likeness (QED) is 0.851. The van der Waals surface area contributed by atoms with E-state index in [9.17, 15) is 0 Å². The van der Waals surface area contributed by atoms with Gasteiger partial charge in [0.1, 0.15) is 5.03 Å². The van der Waals surface area contributed by atoms with E-state index in [1.807, 2.05) is 12.1 Å². The van der Waals surface area contributed by atoms with Gasteiger partial charge in [-0.25, -0.2) is 4.98 Å². The van der Waals surface area contributed by atoms with Gasteiger partial charge in [0.05, 0.1) is 23.5 Å². The maximum absolute atomic E-state index is 5.98. The lowest BCUT2D eigenvalue weighted by atomic mass is 10.5. The fourth-order valence-electron chi connectivity index (χ4n) is 1.22. The zero-order chi connectivity index (χ0) is 11.4. The first kappa shape index (κ1) is 11.3. The van der Waals surface area contributed by atoms with Crippen LogP contribution in [0.1, 0.15) is 0 Å². The lowest BCUT2D eigenvalue weighted by Gasteiger charge is -2.02. The lowest BCUT2D eigenvalue weighted by molar-refractivity contribution is 0.666. The summed E-state index contributed by atoms with van der Waals surface area (Å²) < 4.78 is 1.80. The van der Waals surface area contributed by atoms with Crippen molar-refractivity contribution in [2.75, 3.05) is 11.5 Å². The molecule has 4 nitrogen and oxygen atoms in total. The number of anilines is 1. The first-order valence-electron chi connectivity index (χ1n) is 4.77. The summed E-state index contributed by atoms with van der Waals surface area (Å²) in [6.07, 6.45) is 5.18. The molecule has 0 bridgehead atoms. The van der Waals surface area contributed by atoms with Gasteiger partial charge in [-0.3, -0.25) is 4.68 Å². The molecule has 0 aliphatic rings. The number of nitrogen functional groups attached to an aromatic ring is 1. The monoisotopic (exact) mass is 254 g/mol. The molecule has 2 aromatic heterocycles. The summed E-state index contributed by atoms with van der Waals surface area (Å²) in [4.78, 5) is 4.19. The number of nitrogens with zero attached hydrogens (tertiary/aromatic N) is 3. The number of halogens is 1. The number of hydrogen-bond acceptors (Lipinski definition) is 4. The Labute approximate surface area is 103 Å². The number of rotatable bonds is 4. The highest BCUT2D eigenvalue weighted by Gasteiger charge is 2.01. The second kappa shape index (κ2) is 5.23. The molecule has 0 saturated heterocycles. The molecule has 0 aliphatic carbocycles. The van der Waals surface area contributed by atoms with Gasteiger partial charge in [-0.15, -0.1) is 11.8 Å². The number of hydrogen-bond donors (Lipinski definition) is 1. The summed E-state index contributed by atoms with van der Waals surface area (Å²) in [5, 5.41) is 5.63. The molecule has 6 heteroatoms. The topological polar surface area (TPSA) is 56.7 Å². The number of aryl methyl sites for hydroxylation is 1. The van der Waals surface area contributed by atoms with Crippen LogP contribution in [-0.4, -0.2) is 20.5 Å². The Kier molecular flexibility index (Phi) is 3.69. The van der Waals surface area contributed by atoms with Crippen molar-refractivity contribution in [2.45, 2.75) is 11.6 Å². The summed E-state index contributed by atoms with van der Waals surface area (Å²) in [5.41, 5.74) is 6.24. The van der Waals surface area contributed by atoms with Gasteiger partial charge in [-0.2, -0.15) is 5.10 Å². The molecular weight excluding hydrogens is 244 g/mol. The Morgan fingerprint density at radius 1 is 1.50 bits per heavy atom. The van der Waals surface area contributed by atoms with Gasteiger partial charge >= 0.3 is 0 Å². The van der Waals surface area contributed by atoms with Crippen molar-refractivity contribution in [1.29, 1.82) is 0 Å². The third-order valence-corrected chi connectivity index (χ3v) is 3.34. The third-order valence-electron chi connectivity index (χ3n) is 1.94. The highest BCUT2D eigenvalue weighted by molar-refractivity contribution is 7.99. The summed E-state index contributed by atoms with van der Waals surface area (Å²) in [6.45, 7) is 0.786. The van der Waals surface area contributed by atoms with Crippen LogP contribution < -0.4 is 5.73 Å². The molecule has 2 N–H and O–H groups in total. The number of thioether (sulfide) groups is 1. The first-order valence-corrected chi connectivity index (χ1v) is 6.13. The Morgan fingerprint density at radius 2 is 2.38 bits per heavy atom. The predicted molar refractivity (Wildman–Crippen MR) is 66.6 cm³/mol. The van der Waals surface area contributed by atoms with E-state index in [-0.39, 0.29) is 0 Å². The molecule has 0 saturated carbocycles. The molecule has 0 aliphatic heterocycles. The van der Waals surface area contributed by atoms with Gasteiger partial charge in [-0.1, -0.05) is 11.6 Å². The summed E-state index contributed by atoms with van der Waals surface area (Å²) in [7, 11) is 0. The van der Waals surface area contributed by atoms with Crippen LogP contribution in [0.25, 0.3) is 0 Å². The fraction of sp³-hybridized carbons (Fsp3) is 0.200. The average Bonchev–Trinajstić information content (AvgIpc) is 2.67. The number of pyridine rings is 1. The van der Waals surface area contributed by atoms with E-state index >= 15 is 0 Å². The van der Waals surface area contributed by atoms with Gasteiger partial charge in [-0.05, 0) is 12.1 Å². The van der Waals surface area contributed by atoms with E-state index in [0.29, 0.717) is 10.7 Å². The summed E-state index contributed by atoms with van der Waals surface area (Å²) in [5.74, 6) is 0.859. The minimum Gasteiger partial charge on any atom is -0.396 e. The third kappa shape index (κ3) is 2.90. The molecule has 0 spiro atoms. The largest absolute Gasteiger partial charge is 0.396 e. The molecule has 0 amide bonds. The molecule has 0 fully saturated rings. The normalized spacial score (nSPS) is 10.6. The SMILES string of the molecule is Nc1cnn(CCSc2ncccc2Cl)c1. The molecule has 0 radical (unpaired) electrons. The van der Waals surface area contributed by atoms with Crippen LogP contribution in [0, 0.1) is 0 Å². The molecule has 0 atom stereocenters. The van der Waals surface area contributed by atoms with Crippen LogP contribution in [-0.2, 0) is 6.54 Å². The zero-order valence-electron chi connectivity index (χ0n) is 8.51. The van der Waals surface area contributed by atoms with Crippen molar-refractivity contribution in [3.05, 3.63) is 35.7 Å². The van der Waals surface area contributed by atoms with Crippen molar-refractivity contribution >= 4 is 29.1 Å². The van der Waals surface area contributed by atoms with Gasteiger partial charge in [0.15, 0.2) is 0 Å². The second-order valence-electron chi connectivity index (χ2n) is 3.18. The second-order valence-corrected chi connectivity index (χ2v) is 4.67. The van der Waals surface area contributed by atoms with Gasteiger partial charge in [0, 0.05) is 18.1 Å². The maximum Gasteiger partial charge on any atom is 0.115 e. The maximum atomic E-state index is 5.98. The smallest absolute Gasteiger partial charge is 0.115 e. The predicted octanol–water partition coefficient (Wildman–Crippen LogP) is 2.31. The van der Waals surface area contributed by atoms with Crippen LogP contribution >= 0.6 is 23.4 Å². The van der Waals surface area contributed by atoms with Crippen molar-refractivity contribution in [3.8, 4) is 0 Å². The highest BCUT2D eigenvalue weighted by atomic mass is 35.5. The summed E-state index contributed by atoms with van der Waals surface area (Å²) in [6, 6.07) is 3.66. The Hall–Kier alpha value is -1.20. The van der Waals surface area contributed by atoms with Crippen molar-refractivity contribution < 1.29 is 0 Å². The Balaban J connectivity index is 1.87. The van der Waals surface area contributed by atoms with E-state index in [1.54, 1.807) is 35.0 Å². The Bertz CT molecular complexity index is 471. The lowest BCUT2D eigenvalue weighted by Crippen LogP contribution is -2.00. The average molecular weight is 255 g/mol. The molecule has 0 aromatic carbocycles. The zero-order valence-corrected chi connectivity index (χ0v) is 10.1. The van der Waals surface area contributed by atoms with Crippen molar-refractivity contribution in [3.63, 3.8) is 0 Å². The molecule has 16 heavy (non-hydrogen) atoms. The Morgan fingerprint density at radius 3 is 3.06 bits per heavy atom. The minimum absolute atomic E-state index is 0.681. The molecule has 2 rings (SSSR count). The standard InChI is InChI=1S/C10H11ClN4S/c11-9-2-1-3-13-10(9)16-5-4-15-7-8(12)6-14-15/h1-3,6-7H,4-5,12H2. The minimum atomic E-state index is 0.681. The van der Waals surface area contributed by atoms with E-state index < -0.39 is 0 Å². The molecular formula is C10H11ClN4S. The number of nitrogens with two attached hydrogens (primary N) is 1. The summed E-state index contributed by atoms with van der Waals surface area (Å²) >= 11 is 7.59. The van der Waals surface area contributed by atoms with Crippen LogP contribution in [0.3, 0.4) is 0 Å². The van der Waals surface area contributed by atoms with E-state index in [0.717, 1.165) is 17.3 Å². The number of aromatic nitrogens is 3. The van der Waals surface area contributed by atoms with E-state index in [2.05, 4.69) is 10.1 Å². The van der Waals surface area contributed by atoms with Crippen LogP contribution in [0.15, 0.2) is 35.7 Å². The van der Waals surface area contributed by atoms with Crippen LogP contribution in [0.4, 0.5) is 5.69 Å². The molecule has 0 unspecified atom stereocenters. The van der Waals surface area contributed by atoms with Gasteiger partial charge in [0.25, 0.3) is 0 Å². The van der Waals surface area contributed by atoms with E-state index in [1.165, 1.54) is 0 Å². The van der Waals surface area contributed by atoms with Gasteiger partial charge in [0.2, 0.25) is 0 Å². The highest BCUT2D eigenvalue weighted by Crippen LogP contribution is 2.23. The van der Waals surface area contributed by atoms with Crippen LogP contribution in [0.2, 0.25) is 5.02 Å². The first-order chi connectivity index (χ1) is 7.75. The molecule has 2 aromatic rings. The van der Waals surface area contributed by atoms with Crippen molar-refractivity contribution in [1.82, 2.24) is 14.8 Å². The van der Waals surface area contributed by atoms with Crippen LogP contribution in [0.5, 0.6) is 0 Å². The fourth-order valence-corrected chi connectivity index (χ4v) is 2.31.